The highest BCUT2D eigenvalue weighted by atomic mass is 16.4. The maximum Gasteiger partial charge on any atom is 0.307 e. The van der Waals surface area contributed by atoms with E-state index in [2.05, 4.69) is 5.32 Å². The van der Waals surface area contributed by atoms with Crippen LogP contribution in [0, 0.1) is 11.8 Å². The number of nitrogens with zero attached hydrogens (tertiary/aromatic N) is 1. The third kappa shape index (κ3) is 2.42. The molecule has 0 aliphatic heterocycles. The van der Waals surface area contributed by atoms with Crippen LogP contribution in [0.15, 0.2) is 48.8 Å². The van der Waals surface area contributed by atoms with Crippen LogP contribution >= 0.6 is 0 Å². The summed E-state index contributed by atoms with van der Waals surface area (Å²) in [6.07, 6.45) is 4.27. The first kappa shape index (κ1) is 12.5. The van der Waals surface area contributed by atoms with Gasteiger partial charge in [0.1, 0.15) is 0 Å². The predicted octanol–water partition coefficient (Wildman–Crippen LogP) is 2.14. The summed E-state index contributed by atoms with van der Waals surface area (Å²) < 4.78 is 1.94. The molecule has 1 fully saturated rings. The molecule has 2 aromatic rings. The molecule has 1 amide bonds. The number of aromatic nitrogens is 1. The van der Waals surface area contributed by atoms with Gasteiger partial charge in [0.2, 0.25) is 5.91 Å². The Morgan fingerprint density at radius 1 is 1.15 bits per heavy atom. The van der Waals surface area contributed by atoms with Crippen molar-refractivity contribution in [3.8, 4) is 5.69 Å². The minimum absolute atomic E-state index is 0.220. The average Bonchev–Trinajstić information content (AvgIpc) is 3.06. The molecule has 0 saturated heterocycles. The van der Waals surface area contributed by atoms with Crippen LogP contribution in [0.1, 0.15) is 6.42 Å². The van der Waals surface area contributed by atoms with Gasteiger partial charge in [0.05, 0.1) is 11.8 Å². The summed E-state index contributed by atoms with van der Waals surface area (Å²) in [5, 5.41) is 11.6. The Kier molecular flexibility index (Phi) is 3.02. The fourth-order valence-corrected chi connectivity index (χ4v) is 2.24. The first-order valence-corrected chi connectivity index (χ1v) is 6.42. The summed E-state index contributed by atoms with van der Waals surface area (Å²) in [5.74, 6) is -2.04. The van der Waals surface area contributed by atoms with Gasteiger partial charge in [-0.2, -0.15) is 0 Å². The number of carboxylic acids is 1. The average molecular weight is 270 g/mol. The molecule has 0 bridgehead atoms. The topological polar surface area (TPSA) is 71.3 Å². The lowest BCUT2D eigenvalue weighted by Gasteiger charge is -2.08. The van der Waals surface area contributed by atoms with E-state index < -0.39 is 17.8 Å². The van der Waals surface area contributed by atoms with Crippen molar-refractivity contribution in [3.05, 3.63) is 48.8 Å². The summed E-state index contributed by atoms with van der Waals surface area (Å²) in [6.45, 7) is 0. The highest BCUT2D eigenvalue weighted by Crippen LogP contribution is 2.39. The molecule has 0 spiro atoms. The molecule has 5 nitrogen and oxygen atoms in total. The molecule has 2 unspecified atom stereocenters. The zero-order chi connectivity index (χ0) is 14.1. The fourth-order valence-electron chi connectivity index (χ4n) is 2.24. The van der Waals surface area contributed by atoms with Crippen molar-refractivity contribution in [2.45, 2.75) is 6.42 Å². The summed E-state index contributed by atoms with van der Waals surface area (Å²) in [5.41, 5.74) is 1.62. The first-order chi connectivity index (χ1) is 9.65. The Morgan fingerprint density at radius 2 is 1.90 bits per heavy atom. The van der Waals surface area contributed by atoms with E-state index in [9.17, 15) is 9.59 Å². The molecule has 1 aromatic carbocycles. The van der Waals surface area contributed by atoms with Gasteiger partial charge in [-0.3, -0.25) is 9.59 Å². The van der Waals surface area contributed by atoms with Crippen LogP contribution in [-0.4, -0.2) is 21.6 Å². The number of anilines is 1. The molecular formula is C15H14N2O3. The Morgan fingerprint density at radius 3 is 2.55 bits per heavy atom. The third-order valence-corrected chi connectivity index (χ3v) is 3.46. The number of carbonyl (C=O) groups is 2. The Labute approximate surface area is 115 Å². The van der Waals surface area contributed by atoms with Crippen LogP contribution in [0.25, 0.3) is 5.69 Å². The van der Waals surface area contributed by atoms with E-state index in [0.717, 1.165) is 5.69 Å². The van der Waals surface area contributed by atoms with Crippen molar-refractivity contribution in [3.63, 3.8) is 0 Å². The van der Waals surface area contributed by atoms with Gasteiger partial charge in [0, 0.05) is 23.8 Å². The van der Waals surface area contributed by atoms with Crippen molar-refractivity contribution in [1.82, 2.24) is 4.57 Å². The number of amides is 1. The molecule has 1 aliphatic rings. The highest BCUT2D eigenvalue weighted by Gasteiger charge is 2.48. The quantitative estimate of drug-likeness (QED) is 0.894. The third-order valence-electron chi connectivity index (χ3n) is 3.46. The maximum absolute atomic E-state index is 11.9. The molecule has 1 heterocycles. The Bertz CT molecular complexity index is 649. The van der Waals surface area contributed by atoms with Gasteiger partial charge in [-0.15, -0.1) is 0 Å². The van der Waals surface area contributed by atoms with Crippen LogP contribution in [0.2, 0.25) is 0 Å². The lowest BCUT2D eigenvalue weighted by Crippen LogP contribution is -2.16. The molecule has 102 valence electrons. The molecule has 1 aromatic heterocycles. The smallest absolute Gasteiger partial charge is 0.307 e. The minimum Gasteiger partial charge on any atom is -0.481 e. The van der Waals surface area contributed by atoms with Gasteiger partial charge in [-0.25, -0.2) is 0 Å². The zero-order valence-corrected chi connectivity index (χ0v) is 10.7. The molecule has 0 radical (unpaired) electrons. The largest absolute Gasteiger partial charge is 0.481 e. The lowest BCUT2D eigenvalue weighted by molar-refractivity contribution is -0.139. The monoisotopic (exact) mass is 270 g/mol. The lowest BCUT2D eigenvalue weighted by atomic mass is 10.2. The van der Waals surface area contributed by atoms with E-state index in [1.54, 1.807) is 6.07 Å². The molecule has 1 saturated carbocycles. The van der Waals surface area contributed by atoms with E-state index >= 15 is 0 Å². The van der Waals surface area contributed by atoms with Gasteiger partial charge in [0.25, 0.3) is 0 Å². The standard InChI is InChI=1S/C15H14N2O3/c18-14(12-9-13(12)15(19)20)16-10-4-3-5-11(8-10)17-6-1-2-7-17/h1-8,12-13H,9H2,(H,16,18)(H,19,20). The van der Waals surface area contributed by atoms with Crippen molar-refractivity contribution < 1.29 is 14.7 Å². The molecule has 2 N–H and O–H groups in total. The number of hydrogen-bond donors (Lipinski definition) is 2. The minimum atomic E-state index is -0.897. The van der Waals surface area contributed by atoms with E-state index in [0.29, 0.717) is 12.1 Å². The van der Waals surface area contributed by atoms with Gasteiger partial charge >= 0.3 is 5.97 Å². The van der Waals surface area contributed by atoms with E-state index in [1.165, 1.54) is 0 Å². The van der Waals surface area contributed by atoms with Gasteiger partial charge in [-0.05, 0) is 36.8 Å². The molecule has 20 heavy (non-hydrogen) atoms. The summed E-state index contributed by atoms with van der Waals surface area (Å²) in [6, 6.07) is 11.3. The van der Waals surface area contributed by atoms with E-state index in [-0.39, 0.29) is 5.91 Å². The first-order valence-electron chi connectivity index (χ1n) is 6.42. The number of aliphatic carboxylic acids is 1. The van der Waals surface area contributed by atoms with Crippen LogP contribution in [-0.2, 0) is 9.59 Å². The SMILES string of the molecule is O=C(O)C1CC1C(=O)Nc1cccc(-n2cccc2)c1. The molecule has 2 atom stereocenters. The number of carbonyl (C=O) groups excluding carboxylic acids is 1. The fraction of sp³-hybridized carbons (Fsp3) is 0.200. The highest BCUT2D eigenvalue weighted by molar-refractivity contribution is 5.98. The molecule has 1 aliphatic carbocycles. The molecule has 3 rings (SSSR count). The van der Waals surface area contributed by atoms with Crippen molar-refractivity contribution in [2.75, 3.05) is 5.32 Å². The van der Waals surface area contributed by atoms with E-state index in [4.69, 9.17) is 5.11 Å². The second kappa shape index (κ2) is 4.85. The van der Waals surface area contributed by atoms with E-state index in [1.807, 2.05) is 47.3 Å². The number of benzene rings is 1. The molecule has 5 heteroatoms. The number of rotatable bonds is 4. The van der Waals surface area contributed by atoms with Gasteiger partial charge < -0.3 is 15.0 Å². The van der Waals surface area contributed by atoms with Crippen molar-refractivity contribution in [1.29, 1.82) is 0 Å². The zero-order valence-electron chi connectivity index (χ0n) is 10.7. The number of nitrogens with one attached hydrogen (secondary N) is 1. The summed E-state index contributed by atoms with van der Waals surface area (Å²) in [4.78, 5) is 22.7. The van der Waals surface area contributed by atoms with Crippen LogP contribution in [0.3, 0.4) is 0 Å². The predicted molar refractivity (Wildman–Crippen MR) is 73.6 cm³/mol. The van der Waals surface area contributed by atoms with Gasteiger partial charge in [0.15, 0.2) is 0 Å². The molecular weight excluding hydrogens is 256 g/mol. The van der Waals surface area contributed by atoms with Crippen LogP contribution < -0.4 is 5.32 Å². The Balaban J connectivity index is 1.71. The van der Waals surface area contributed by atoms with Crippen molar-refractivity contribution >= 4 is 17.6 Å². The van der Waals surface area contributed by atoms with Crippen LogP contribution in [0.4, 0.5) is 5.69 Å². The second-order valence-corrected chi connectivity index (χ2v) is 4.92. The summed E-state index contributed by atoms with van der Waals surface area (Å²) in [7, 11) is 0. The van der Waals surface area contributed by atoms with Crippen LogP contribution in [0.5, 0.6) is 0 Å². The number of hydrogen-bond acceptors (Lipinski definition) is 2. The summed E-state index contributed by atoms with van der Waals surface area (Å²) >= 11 is 0. The normalized spacial score (nSPS) is 20.4. The van der Waals surface area contributed by atoms with Gasteiger partial charge in [-0.1, -0.05) is 6.07 Å². The van der Waals surface area contributed by atoms with Crippen molar-refractivity contribution in [2.24, 2.45) is 11.8 Å². The Hall–Kier alpha value is -2.56. The maximum atomic E-state index is 11.9. The number of carboxylic acid groups (broad SMARTS) is 1. The second-order valence-electron chi connectivity index (χ2n) is 4.92.